The number of para-hydroxylation sites is 3. The number of rotatable bonds is 7. The summed E-state index contributed by atoms with van der Waals surface area (Å²) < 4.78 is 18.7. The first-order chi connectivity index (χ1) is 33.2. The molecule has 342 valence electrons. The highest BCUT2D eigenvalue weighted by molar-refractivity contribution is 6.11. The first-order valence-electron chi connectivity index (χ1n) is 24.7. The number of furan rings is 1. The maximum Gasteiger partial charge on any atom is 0.269 e. The second kappa shape index (κ2) is 15.6. The van der Waals surface area contributed by atoms with E-state index in [1.807, 2.05) is 6.07 Å². The van der Waals surface area contributed by atoms with Crippen LogP contribution in [-0.4, -0.2) is 9.55 Å². The molecule has 0 unspecified atom stereocenters. The summed E-state index contributed by atoms with van der Waals surface area (Å²) in [5.74, 6) is 1.45. The Kier molecular flexibility index (Phi) is 9.77. The van der Waals surface area contributed by atoms with Gasteiger partial charge in [-0.1, -0.05) is 177 Å². The molecule has 2 aliphatic carbocycles. The average Bonchev–Trinajstić information content (AvgIpc) is 3.93. The zero-order chi connectivity index (χ0) is 47.5. The van der Waals surface area contributed by atoms with Gasteiger partial charge in [0.2, 0.25) is 0 Å². The Labute approximate surface area is 406 Å². The Hall–Kier alpha value is -7.24. The van der Waals surface area contributed by atoms with Gasteiger partial charge in [-0.3, -0.25) is 14.1 Å². The van der Waals surface area contributed by atoms with Crippen molar-refractivity contribution in [2.24, 2.45) is 0 Å². The van der Waals surface area contributed by atoms with Gasteiger partial charge in [-0.2, -0.15) is 0 Å². The third kappa shape index (κ3) is 7.11. The lowest BCUT2D eigenvalue weighted by Crippen LogP contribution is -2.34. The molecule has 3 heterocycles. The second-order valence-electron chi connectivity index (χ2n) is 22.3. The van der Waals surface area contributed by atoms with E-state index < -0.39 is 0 Å². The summed E-state index contributed by atoms with van der Waals surface area (Å²) in [6, 6.07) is 56.1. The van der Waals surface area contributed by atoms with Crippen molar-refractivity contribution in [3.63, 3.8) is 0 Å². The SMILES string of the molecule is CC1(C)CCC(C)(C)c2cc(-c3cc(Oc4cccc(-[n+]5[c-]n(-c6c(-c7ccccc7)cccc6-c6ccccc6)c6ccccc65)c4)cc4c3oc3c5c(ccc34)C(C)(C)CCC5(C)C)ncc21. The van der Waals surface area contributed by atoms with Crippen LogP contribution < -0.4 is 9.30 Å². The molecule has 0 aliphatic heterocycles. The largest absolute Gasteiger partial charge is 0.458 e. The molecule has 5 nitrogen and oxygen atoms in total. The fraction of sp³-hybridized carbons (Fsp3) is 0.250. The van der Waals surface area contributed by atoms with Gasteiger partial charge in [0.1, 0.15) is 22.7 Å². The molecule has 2 aliphatic rings. The summed E-state index contributed by atoms with van der Waals surface area (Å²) >= 11 is 0. The lowest BCUT2D eigenvalue weighted by atomic mass is 9.63. The molecule has 0 amide bonds. The Balaban J connectivity index is 1.02. The van der Waals surface area contributed by atoms with Gasteiger partial charge in [0.05, 0.1) is 28.1 Å². The van der Waals surface area contributed by atoms with Crippen LogP contribution >= 0.6 is 0 Å². The highest BCUT2D eigenvalue weighted by Crippen LogP contribution is 2.52. The summed E-state index contributed by atoms with van der Waals surface area (Å²) in [7, 11) is 0. The van der Waals surface area contributed by atoms with Gasteiger partial charge >= 0.3 is 0 Å². The molecule has 5 heteroatoms. The number of hydrogen-bond donors (Lipinski definition) is 0. The smallest absolute Gasteiger partial charge is 0.269 e. The van der Waals surface area contributed by atoms with E-state index in [4.69, 9.17) is 14.1 Å². The minimum absolute atomic E-state index is 0.0172. The molecular formula is C64H59N3O2. The van der Waals surface area contributed by atoms with Gasteiger partial charge in [0.15, 0.2) is 0 Å². The van der Waals surface area contributed by atoms with Crippen molar-refractivity contribution in [1.82, 2.24) is 9.55 Å². The third-order valence-corrected chi connectivity index (χ3v) is 15.8. The molecule has 0 spiro atoms. The molecule has 0 N–H and O–H groups in total. The Morgan fingerprint density at radius 3 is 1.86 bits per heavy atom. The van der Waals surface area contributed by atoms with Crippen molar-refractivity contribution in [1.29, 1.82) is 0 Å². The number of aromatic nitrogens is 3. The second-order valence-corrected chi connectivity index (χ2v) is 22.3. The van der Waals surface area contributed by atoms with E-state index in [1.165, 1.54) is 22.3 Å². The highest BCUT2D eigenvalue weighted by atomic mass is 16.5. The van der Waals surface area contributed by atoms with Gasteiger partial charge in [-0.05, 0) is 123 Å². The zero-order valence-electron chi connectivity index (χ0n) is 41.1. The average molecular weight is 902 g/mol. The first-order valence-corrected chi connectivity index (χ1v) is 24.7. The van der Waals surface area contributed by atoms with Crippen molar-refractivity contribution in [3.05, 3.63) is 193 Å². The lowest BCUT2D eigenvalue weighted by Gasteiger charge is -2.41. The van der Waals surface area contributed by atoms with Crippen LogP contribution in [0.4, 0.5) is 0 Å². The highest BCUT2D eigenvalue weighted by Gasteiger charge is 2.41. The monoisotopic (exact) mass is 901 g/mol. The normalized spacial score (nSPS) is 16.6. The molecule has 0 bridgehead atoms. The molecule has 0 saturated carbocycles. The number of pyridine rings is 1. The Morgan fingerprint density at radius 1 is 0.522 bits per heavy atom. The van der Waals surface area contributed by atoms with E-state index >= 15 is 0 Å². The summed E-state index contributed by atoms with van der Waals surface area (Å²) in [6.07, 6.45) is 10.5. The number of nitrogens with zero attached hydrogens (tertiary/aromatic N) is 3. The fourth-order valence-electron chi connectivity index (χ4n) is 11.6. The number of ether oxygens (including phenoxy) is 1. The van der Waals surface area contributed by atoms with Crippen molar-refractivity contribution < 1.29 is 13.7 Å². The first kappa shape index (κ1) is 43.1. The predicted octanol–water partition coefficient (Wildman–Crippen LogP) is 16.5. The number of hydrogen-bond acceptors (Lipinski definition) is 3. The molecule has 7 aromatic carbocycles. The van der Waals surface area contributed by atoms with Crippen LogP contribution in [0.5, 0.6) is 11.5 Å². The number of fused-ring (bicyclic) bond motifs is 7. The van der Waals surface area contributed by atoms with Crippen LogP contribution in [0.25, 0.3) is 77.9 Å². The molecular weight excluding hydrogens is 843 g/mol. The molecule has 12 rings (SSSR count). The van der Waals surface area contributed by atoms with Crippen molar-refractivity contribution in [2.75, 3.05) is 0 Å². The van der Waals surface area contributed by atoms with Crippen LogP contribution in [0.1, 0.15) is 103 Å². The van der Waals surface area contributed by atoms with E-state index in [0.29, 0.717) is 0 Å². The van der Waals surface area contributed by atoms with Crippen LogP contribution in [-0.2, 0) is 21.7 Å². The number of benzene rings is 7. The molecule has 0 saturated heterocycles. The van der Waals surface area contributed by atoms with Crippen LogP contribution in [0.2, 0.25) is 0 Å². The predicted molar refractivity (Wildman–Crippen MR) is 282 cm³/mol. The van der Waals surface area contributed by atoms with Crippen molar-refractivity contribution >= 4 is 33.0 Å². The zero-order valence-corrected chi connectivity index (χ0v) is 41.1. The molecule has 0 atom stereocenters. The third-order valence-electron chi connectivity index (χ3n) is 15.8. The molecule has 0 fully saturated rings. The van der Waals surface area contributed by atoms with Crippen LogP contribution in [0.15, 0.2) is 168 Å². The lowest BCUT2D eigenvalue weighted by molar-refractivity contribution is -0.572. The summed E-state index contributed by atoms with van der Waals surface area (Å²) in [5, 5.41) is 2.14. The van der Waals surface area contributed by atoms with Gasteiger partial charge in [0, 0.05) is 28.1 Å². The molecule has 69 heavy (non-hydrogen) atoms. The minimum Gasteiger partial charge on any atom is -0.458 e. The van der Waals surface area contributed by atoms with Gasteiger partial charge in [-0.25, -0.2) is 0 Å². The van der Waals surface area contributed by atoms with Crippen molar-refractivity contribution in [3.8, 4) is 56.4 Å². The summed E-state index contributed by atoms with van der Waals surface area (Å²) in [6.45, 7) is 19.0. The van der Waals surface area contributed by atoms with E-state index in [1.54, 1.807) is 0 Å². The minimum atomic E-state index is -0.0393. The molecule has 10 aromatic rings. The van der Waals surface area contributed by atoms with Crippen LogP contribution in [0.3, 0.4) is 0 Å². The fourth-order valence-corrected chi connectivity index (χ4v) is 11.6. The van der Waals surface area contributed by atoms with Crippen molar-refractivity contribution in [2.45, 2.75) is 103 Å². The Morgan fingerprint density at radius 2 is 1.14 bits per heavy atom. The van der Waals surface area contributed by atoms with Gasteiger partial charge in [-0.15, -0.1) is 0 Å². The van der Waals surface area contributed by atoms with Crippen LogP contribution in [0, 0.1) is 6.33 Å². The quantitative estimate of drug-likeness (QED) is 0.118. The maximum absolute atomic E-state index is 7.23. The molecule has 3 aromatic heterocycles. The molecule has 0 radical (unpaired) electrons. The standard InChI is InChI=1S/C64H59N3O2/c1-61(2)33-34-64(7,8)57-51(61)30-29-48-49-36-45(37-50(59(49)69-60(48)57)54-38-52-53(39-65-54)63(5,6)32-31-62(52,3)4)68-44-24-17-23-43(35-44)66-40-67(56-28-16-15-27-55(56)66)58-46(41-19-11-9-12-20-41)25-18-26-47(58)42-21-13-10-14-22-42/h9-30,35-39H,31-34H2,1-8H3. The van der Waals surface area contributed by atoms with E-state index in [0.717, 1.165) is 115 Å². The van der Waals surface area contributed by atoms with E-state index in [2.05, 4.69) is 229 Å². The van der Waals surface area contributed by atoms with Gasteiger partial charge in [0.25, 0.3) is 6.33 Å². The van der Waals surface area contributed by atoms with E-state index in [9.17, 15) is 0 Å². The van der Waals surface area contributed by atoms with E-state index in [-0.39, 0.29) is 21.7 Å². The summed E-state index contributed by atoms with van der Waals surface area (Å²) in [5.41, 5.74) is 17.8. The topological polar surface area (TPSA) is 44.1 Å². The summed E-state index contributed by atoms with van der Waals surface area (Å²) in [4.78, 5) is 5.27. The Bertz CT molecular complexity index is 3590. The number of imidazole rings is 1. The van der Waals surface area contributed by atoms with Gasteiger partial charge < -0.3 is 9.15 Å². The maximum atomic E-state index is 7.23.